The Morgan fingerprint density at radius 3 is 2.44 bits per heavy atom. The first-order chi connectivity index (χ1) is 11.9. The molecular weight excluding hydrogens is 338 g/mol. The van der Waals surface area contributed by atoms with Crippen molar-refractivity contribution in [2.45, 2.75) is 19.5 Å². The lowest BCUT2D eigenvalue weighted by Gasteiger charge is -2.24. The molecule has 2 amide bonds. The summed E-state index contributed by atoms with van der Waals surface area (Å²) in [5.74, 6) is -0.221. The molecule has 0 spiro atoms. The van der Waals surface area contributed by atoms with E-state index in [0.29, 0.717) is 22.8 Å². The Bertz CT molecular complexity index is 747. The first-order valence-corrected chi connectivity index (χ1v) is 8.36. The molecule has 0 aliphatic carbocycles. The lowest BCUT2D eigenvalue weighted by Crippen LogP contribution is -2.39. The number of halogens is 1. The molecule has 0 unspecified atom stereocenters. The number of amides is 2. The van der Waals surface area contributed by atoms with E-state index in [1.54, 1.807) is 43.4 Å². The van der Waals surface area contributed by atoms with E-state index in [2.05, 4.69) is 10.6 Å². The molecule has 0 aliphatic heterocycles. The van der Waals surface area contributed by atoms with Gasteiger partial charge in [-0.05, 0) is 49.9 Å². The minimum absolute atomic E-state index is 0.105. The summed E-state index contributed by atoms with van der Waals surface area (Å²) < 4.78 is 0. The fourth-order valence-electron chi connectivity index (χ4n) is 2.34. The minimum atomic E-state index is -0.322. The zero-order valence-corrected chi connectivity index (χ0v) is 15.3. The second kappa shape index (κ2) is 8.65. The maximum Gasteiger partial charge on any atom is 0.251 e. The quantitative estimate of drug-likeness (QED) is 0.832. The fraction of sp³-hybridized carbons (Fsp3) is 0.263. The molecule has 6 heteroatoms. The topological polar surface area (TPSA) is 61.4 Å². The largest absolute Gasteiger partial charge is 0.355 e. The van der Waals surface area contributed by atoms with Crippen LogP contribution in [0.4, 0.5) is 5.69 Å². The van der Waals surface area contributed by atoms with Gasteiger partial charge in [-0.2, -0.15) is 0 Å². The van der Waals surface area contributed by atoms with Gasteiger partial charge >= 0.3 is 0 Å². The van der Waals surface area contributed by atoms with Gasteiger partial charge in [0.25, 0.3) is 5.91 Å². The molecule has 0 saturated carbocycles. The number of rotatable bonds is 6. The highest BCUT2D eigenvalue weighted by atomic mass is 35.5. The highest BCUT2D eigenvalue weighted by Crippen LogP contribution is 2.16. The second-order valence-electron chi connectivity index (χ2n) is 5.87. The fourth-order valence-corrected chi connectivity index (χ4v) is 2.53. The molecule has 0 aliphatic rings. The number of carbonyl (C=O) groups is 2. The van der Waals surface area contributed by atoms with Crippen molar-refractivity contribution in [2.75, 3.05) is 19.4 Å². The molecule has 2 rings (SSSR count). The van der Waals surface area contributed by atoms with Crippen LogP contribution >= 0.6 is 11.6 Å². The smallest absolute Gasteiger partial charge is 0.251 e. The Balaban J connectivity index is 1.96. The van der Waals surface area contributed by atoms with E-state index in [-0.39, 0.29) is 17.9 Å². The SMILES string of the molecule is CNC(=O)c1ccc(CN(C)[C@H](C)C(=O)Nc2cccc(Cl)c2)cc1. The number of likely N-dealkylation sites (N-methyl/N-ethyl adjacent to an activating group) is 1. The summed E-state index contributed by atoms with van der Waals surface area (Å²) in [6, 6.07) is 14.1. The number of benzene rings is 2. The van der Waals surface area contributed by atoms with Crippen LogP contribution in [0.2, 0.25) is 5.02 Å². The van der Waals surface area contributed by atoms with Crippen molar-refractivity contribution in [2.24, 2.45) is 0 Å². The Kier molecular flexibility index (Phi) is 6.56. The highest BCUT2D eigenvalue weighted by molar-refractivity contribution is 6.30. The lowest BCUT2D eigenvalue weighted by atomic mass is 10.1. The lowest BCUT2D eigenvalue weighted by molar-refractivity contribution is -0.120. The predicted octanol–water partition coefficient (Wildman–Crippen LogP) is 3.16. The van der Waals surface area contributed by atoms with Crippen molar-refractivity contribution >= 4 is 29.1 Å². The molecule has 0 saturated heterocycles. The average molecular weight is 360 g/mol. The normalized spacial score (nSPS) is 11.9. The standard InChI is InChI=1S/C19H22ClN3O2/c1-13(18(24)22-17-6-4-5-16(20)11-17)23(3)12-14-7-9-15(10-8-14)19(25)21-2/h4-11,13H,12H2,1-3H3,(H,21,25)(H,22,24)/t13-/m1/s1. The van der Waals surface area contributed by atoms with Crippen LogP contribution in [-0.2, 0) is 11.3 Å². The van der Waals surface area contributed by atoms with Crippen LogP contribution in [0.3, 0.4) is 0 Å². The van der Waals surface area contributed by atoms with Crippen molar-refractivity contribution in [1.82, 2.24) is 10.2 Å². The summed E-state index contributed by atoms with van der Waals surface area (Å²) in [4.78, 5) is 25.9. The summed E-state index contributed by atoms with van der Waals surface area (Å²) in [5, 5.41) is 6.03. The van der Waals surface area contributed by atoms with E-state index >= 15 is 0 Å². The van der Waals surface area contributed by atoms with Crippen molar-refractivity contribution in [3.8, 4) is 0 Å². The van der Waals surface area contributed by atoms with E-state index in [0.717, 1.165) is 5.56 Å². The van der Waals surface area contributed by atoms with Gasteiger partial charge in [0.05, 0.1) is 6.04 Å². The summed E-state index contributed by atoms with van der Waals surface area (Å²) in [5.41, 5.74) is 2.31. The minimum Gasteiger partial charge on any atom is -0.355 e. The summed E-state index contributed by atoms with van der Waals surface area (Å²) in [6.45, 7) is 2.44. The molecule has 0 heterocycles. The van der Waals surface area contributed by atoms with Crippen LogP contribution in [0.1, 0.15) is 22.8 Å². The Labute approximate surface area is 153 Å². The van der Waals surface area contributed by atoms with Crippen LogP contribution in [-0.4, -0.2) is 36.9 Å². The van der Waals surface area contributed by atoms with Gasteiger partial charge in [0.1, 0.15) is 0 Å². The van der Waals surface area contributed by atoms with Gasteiger partial charge in [-0.25, -0.2) is 0 Å². The molecule has 2 N–H and O–H groups in total. The summed E-state index contributed by atoms with van der Waals surface area (Å²) in [6.07, 6.45) is 0. The molecule has 0 radical (unpaired) electrons. The second-order valence-corrected chi connectivity index (χ2v) is 6.30. The Morgan fingerprint density at radius 2 is 1.84 bits per heavy atom. The highest BCUT2D eigenvalue weighted by Gasteiger charge is 2.18. The summed E-state index contributed by atoms with van der Waals surface area (Å²) >= 11 is 5.93. The van der Waals surface area contributed by atoms with Gasteiger partial charge in [0.2, 0.25) is 5.91 Å². The van der Waals surface area contributed by atoms with Crippen molar-refractivity contribution in [1.29, 1.82) is 0 Å². The molecule has 132 valence electrons. The molecule has 0 bridgehead atoms. The number of hydrogen-bond acceptors (Lipinski definition) is 3. The van der Waals surface area contributed by atoms with E-state index in [1.165, 1.54) is 0 Å². The number of carbonyl (C=O) groups excluding carboxylic acids is 2. The number of nitrogens with one attached hydrogen (secondary N) is 2. The van der Waals surface area contributed by atoms with Gasteiger partial charge in [-0.15, -0.1) is 0 Å². The van der Waals surface area contributed by atoms with E-state index in [4.69, 9.17) is 11.6 Å². The van der Waals surface area contributed by atoms with Gasteiger partial charge < -0.3 is 10.6 Å². The third-order valence-electron chi connectivity index (χ3n) is 4.01. The van der Waals surface area contributed by atoms with E-state index in [1.807, 2.05) is 31.0 Å². The number of anilines is 1. The third kappa shape index (κ3) is 5.31. The van der Waals surface area contributed by atoms with E-state index in [9.17, 15) is 9.59 Å². The maximum atomic E-state index is 12.4. The Morgan fingerprint density at radius 1 is 1.16 bits per heavy atom. The molecule has 0 fully saturated rings. The Hall–Kier alpha value is -2.37. The van der Waals surface area contributed by atoms with Gasteiger partial charge in [0.15, 0.2) is 0 Å². The molecule has 0 aromatic heterocycles. The van der Waals surface area contributed by atoms with Crippen molar-refractivity contribution in [3.63, 3.8) is 0 Å². The molecule has 2 aromatic carbocycles. The zero-order chi connectivity index (χ0) is 18.4. The molecule has 2 aromatic rings. The molecule has 5 nitrogen and oxygen atoms in total. The van der Waals surface area contributed by atoms with Gasteiger partial charge in [-0.1, -0.05) is 29.8 Å². The average Bonchev–Trinajstić information content (AvgIpc) is 2.61. The molecule has 1 atom stereocenters. The maximum absolute atomic E-state index is 12.4. The van der Waals surface area contributed by atoms with Crippen molar-refractivity contribution < 1.29 is 9.59 Å². The monoisotopic (exact) mass is 359 g/mol. The summed E-state index contributed by atoms with van der Waals surface area (Å²) in [7, 11) is 3.49. The molecule has 25 heavy (non-hydrogen) atoms. The predicted molar refractivity (Wildman–Crippen MR) is 101 cm³/mol. The van der Waals surface area contributed by atoms with Crippen LogP contribution in [0.25, 0.3) is 0 Å². The number of hydrogen-bond donors (Lipinski definition) is 2. The number of nitrogens with zero attached hydrogens (tertiary/aromatic N) is 1. The van der Waals surface area contributed by atoms with Crippen LogP contribution in [0, 0.1) is 0 Å². The van der Waals surface area contributed by atoms with Gasteiger partial charge in [-0.3, -0.25) is 14.5 Å². The molecular formula is C19H22ClN3O2. The van der Waals surface area contributed by atoms with E-state index < -0.39 is 0 Å². The first-order valence-electron chi connectivity index (χ1n) is 7.98. The first kappa shape index (κ1) is 19.0. The zero-order valence-electron chi connectivity index (χ0n) is 14.5. The van der Waals surface area contributed by atoms with Crippen LogP contribution < -0.4 is 10.6 Å². The van der Waals surface area contributed by atoms with Crippen LogP contribution in [0.5, 0.6) is 0 Å². The van der Waals surface area contributed by atoms with Crippen molar-refractivity contribution in [3.05, 3.63) is 64.7 Å². The van der Waals surface area contributed by atoms with Gasteiger partial charge in [0, 0.05) is 29.9 Å². The van der Waals surface area contributed by atoms with Crippen LogP contribution in [0.15, 0.2) is 48.5 Å². The third-order valence-corrected chi connectivity index (χ3v) is 4.24.